The lowest BCUT2D eigenvalue weighted by atomic mass is 10.4. The van der Waals surface area contributed by atoms with Crippen LogP contribution >= 0.6 is 11.8 Å². The second kappa shape index (κ2) is 6.05. The van der Waals surface area contributed by atoms with Crippen LogP contribution in [0.15, 0.2) is 12.3 Å². The number of rotatable bonds is 5. The van der Waals surface area contributed by atoms with Crippen molar-refractivity contribution in [3.8, 4) is 6.07 Å². The average molecular weight is 210 g/mol. The van der Waals surface area contributed by atoms with E-state index >= 15 is 0 Å². The minimum Gasteiger partial charge on any atom is -0.350 e. The number of aromatic amines is 1. The highest BCUT2D eigenvalue weighted by Crippen LogP contribution is 1.97. The fourth-order valence-corrected chi connectivity index (χ4v) is 1.30. The van der Waals surface area contributed by atoms with E-state index in [1.54, 1.807) is 12.3 Å². The largest absolute Gasteiger partial charge is 0.350 e. The van der Waals surface area contributed by atoms with Gasteiger partial charge in [-0.15, -0.1) is 11.8 Å². The van der Waals surface area contributed by atoms with Crippen LogP contribution in [0.1, 0.15) is 5.69 Å². The van der Waals surface area contributed by atoms with Gasteiger partial charge in [0.05, 0.1) is 29.8 Å². The number of hydrogen-bond donors (Lipinski definition) is 2. The molecule has 5 nitrogen and oxygen atoms in total. The maximum absolute atomic E-state index is 11.1. The van der Waals surface area contributed by atoms with Crippen LogP contribution in [0.25, 0.3) is 0 Å². The Morgan fingerprint density at radius 1 is 1.79 bits per heavy atom. The molecule has 0 bridgehead atoms. The molecule has 0 aliphatic heterocycles. The van der Waals surface area contributed by atoms with Gasteiger partial charge in [0.1, 0.15) is 0 Å². The first-order valence-electron chi connectivity index (χ1n) is 4.02. The molecule has 1 aromatic rings. The molecule has 2 N–H and O–H groups in total. The number of carbonyl (C=O) groups excluding carboxylic acids is 1. The summed E-state index contributed by atoms with van der Waals surface area (Å²) in [7, 11) is 0. The molecule has 1 amide bonds. The maximum Gasteiger partial charge on any atom is 0.230 e. The van der Waals surface area contributed by atoms with Gasteiger partial charge in [-0.05, 0) is 6.07 Å². The molecule has 6 heteroatoms. The summed E-state index contributed by atoms with van der Waals surface area (Å²) in [6.07, 6.45) is 1.63. The molecule has 0 atom stereocenters. The monoisotopic (exact) mass is 210 g/mol. The molecule has 0 unspecified atom stereocenters. The third-order valence-corrected chi connectivity index (χ3v) is 2.23. The normalized spacial score (nSPS) is 9.36. The van der Waals surface area contributed by atoms with Crippen molar-refractivity contribution in [3.63, 3.8) is 0 Å². The van der Waals surface area contributed by atoms with Crippen molar-refractivity contribution in [2.45, 2.75) is 6.54 Å². The van der Waals surface area contributed by atoms with Crippen molar-refractivity contribution in [3.05, 3.63) is 18.0 Å². The summed E-state index contributed by atoms with van der Waals surface area (Å²) in [5, 5.41) is 17.4. The summed E-state index contributed by atoms with van der Waals surface area (Å²) < 4.78 is 0. The maximum atomic E-state index is 11.1. The number of nitrogens with zero attached hydrogens (tertiary/aromatic N) is 2. The second-order valence-corrected chi connectivity index (χ2v) is 3.50. The first-order valence-corrected chi connectivity index (χ1v) is 5.18. The topological polar surface area (TPSA) is 81.6 Å². The SMILES string of the molecule is N#CCSCC(=O)NCc1ccn[nH]1. The molecule has 0 spiro atoms. The van der Waals surface area contributed by atoms with Crippen molar-refractivity contribution in [1.82, 2.24) is 15.5 Å². The van der Waals surface area contributed by atoms with E-state index in [1.165, 1.54) is 11.8 Å². The van der Waals surface area contributed by atoms with Crippen LogP contribution < -0.4 is 5.32 Å². The van der Waals surface area contributed by atoms with E-state index in [4.69, 9.17) is 5.26 Å². The minimum atomic E-state index is -0.0696. The van der Waals surface area contributed by atoms with Crippen molar-refractivity contribution in [1.29, 1.82) is 5.26 Å². The van der Waals surface area contributed by atoms with Gasteiger partial charge in [-0.2, -0.15) is 10.4 Å². The molecule has 0 fully saturated rings. The predicted molar refractivity (Wildman–Crippen MR) is 53.4 cm³/mol. The smallest absolute Gasteiger partial charge is 0.230 e. The fourth-order valence-electron chi connectivity index (χ4n) is 0.817. The third-order valence-electron chi connectivity index (χ3n) is 1.43. The van der Waals surface area contributed by atoms with Crippen molar-refractivity contribution < 1.29 is 4.79 Å². The van der Waals surface area contributed by atoms with Gasteiger partial charge in [0, 0.05) is 6.20 Å². The van der Waals surface area contributed by atoms with E-state index in [9.17, 15) is 4.79 Å². The Kier molecular flexibility index (Phi) is 4.58. The van der Waals surface area contributed by atoms with Gasteiger partial charge in [0.2, 0.25) is 5.91 Å². The van der Waals surface area contributed by atoms with Crippen molar-refractivity contribution >= 4 is 17.7 Å². The van der Waals surface area contributed by atoms with Gasteiger partial charge in [0.25, 0.3) is 0 Å². The molecule has 0 radical (unpaired) electrons. The molecule has 0 saturated heterocycles. The van der Waals surface area contributed by atoms with E-state index < -0.39 is 0 Å². The minimum absolute atomic E-state index is 0.0696. The molecular formula is C8H10N4OS. The van der Waals surface area contributed by atoms with Crippen LogP contribution in [0.3, 0.4) is 0 Å². The Morgan fingerprint density at radius 2 is 2.64 bits per heavy atom. The number of nitriles is 1. The molecule has 0 aliphatic rings. The van der Waals surface area contributed by atoms with Crippen LogP contribution in [0.2, 0.25) is 0 Å². The van der Waals surface area contributed by atoms with Gasteiger partial charge in [-0.1, -0.05) is 0 Å². The Balaban J connectivity index is 2.13. The number of thioether (sulfide) groups is 1. The average Bonchev–Trinajstić information content (AvgIpc) is 2.68. The molecule has 0 aliphatic carbocycles. The molecule has 1 aromatic heterocycles. The van der Waals surface area contributed by atoms with Crippen molar-refractivity contribution in [2.24, 2.45) is 0 Å². The number of amides is 1. The summed E-state index contributed by atoms with van der Waals surface area (Å²) in [6.45, 7) is 0.450. The summed E-state index contributed by atoms with van der Waals surface area (Å²) in [5.74, 6) is 0.596. The number of H-pyrrole nitrogens is 1. The van der Waals surface area contributed by atoms with Crippen LogP contribution in [0.5, 0.6) is 0 Å². The summed E-state index contributed by atoms with van der Waals surface area (Å²) in [6, 6.07) is 3.75. The van der Waals surface area contributed by atoms with Gasteiger partial charge < -0.3 is 5.32 Å². The molecule has 74 valence electrons. The molecule has 0 aromatic carbocycles. The molecular weight excluding hydrogens is 200 g/mol. The Morgan fingerprint density at radius 3 is 3.29 bits per heavy atom. The van der Waals surface area contributed by atoms with Crippen LogP contribution in [-0.4, -0.2) is 27.6 Å². The van der Waals surface area contributed by atoms with Crippen LogP contribution in [0, 0.1) is 11.3 Å². The standard InChI is InChI=1S/C8H10N4OS/c9-2-4-14-6-8(13)10-5-7-1-3-11-12-7/h1,3H,4-6H2,(H,10,13)(H,11,12). The lowest BCUT2D eigenvalue weighted by Gasteiger charge is -2.01. The highest BCUT2D eigenvalue weighted by atomic mass is 32.2. The molecule has 1 heterocycles. The number of carbonyl (C=O) groups is 1. The molecule has 0 saturated carbocycles. The zero-order valence-electron chi connectivity index (χ0n) is 7.49. The summed E-state index contributed by atoms with van der Waals surface area (Å²) in [5.41, 5.74) is 0.864. The lowest BCUT2D eigenvalue weighted by Crippen LogP contribution is -2.24. The quantitative estimate of drug-likeness (QED) is 0.684. The zero-order valence-corrected chi connectivity index (χ0v) is 8.30. The predicted octanol–water partition coefficient (Wildman–Crippen LogP) is 0.283. The number of nitrogens with one attached hydrogen (secondary N) is 2. The van der Waals surface area contributed by atoms with Gasteiger partial charge in [-0.3, -0.25) is 9.89 Å². The Hall–Kier alpha value is -1.48. The van der Waals surface area contributed by atoms with Gasteiger partial charge in [0.15, 0.2) is 0 Å². The highest BCUT2D eigenvalue weighted by Gasteiger charge is 2.01. The first-order chi connectivity index (χ1) is 6.83. The Labute approximate surface area is 85.9 Å². The van der Waals surface area contributed by atoms with E-state index in [2.05, 4.69) is 15.5 Å². The zero-order chi connectivity index (χ0) is 10.2. The van der Waals surface area contributed by atoms with Crippen molar-refractivity contribution in [2.75, 3.05) is 11.5 Å². The Bertz CT molecular complexity index is 317. The third kappa shape index (κ3) is 3.96. The van der Waals surface area contributed by atoms with E-state index in [-0.39, 0.29) is 5.91 Å². The van der Waals surface area contributed by atoms with Gasteiger partial charge >= 0.3 is 0 Å². The van der Waals surface area contributed by atoms with Crippen LogP contribution in [0.4, 0.5) is 0 Å². The van der Waals surface area contributed by atoms with E-state index in [0.29, 0.717) is 18.1 Å². The summed E-state index contributed by atoms with van der Waals surface area (Å²) in [4.78, 5) is 11.1. The molecule has 1 rings (SSSR count). The lowest BCUT2D eigenvalue weighted by molar-refractivity contribution is -0.118. The van der Waals surface area contributed by atoms with E-state index in [1.807, 2.05) is 6.07 Å². The number of aromatic nitrogens is 2. The van der Waals surface area contributed by atoms with E-state index in [0.717, 1.165) is 5.69 Å². The van der Waals surface area contributed by atoms with Crippen LogP contribution in [-0.2, 0) is 11.3 Å². The van der Waals surface area contributed by atoms with Gasteiger partial charge in [-0.25, -0.2) is 0 Å². The fraction of sp³-hybridized carbons (Fsp3) is 0.375. The number of hydrogen-bond acceptors (Lipinski definition) is 4. The molecule has 14 heavy (non-hydrogen) atoms. The second-order valence-electron chi connectivity index (χ2n) is 2.51. The summed E-state index contributed by atoms with van der Waals surface area (Å²) >= 11 is 1.30. The first kappa shape index (κ1) is 10.6. The highest BCUT2D eigenvalue weighted by molar-refractivity contribution is 8.00.